The summed E-state index contributed by atoms with van der Waals surface area (Å²) in [6.45, 7) is 2.17. The van der Waals surface area contributed by atoms with Crippen LogP contribution in [0.1, 0.15) is 61.6 Å². The highest BCUT2D eigenvalue weighted by Crippen LogP contribution is 2.43. The second-order valence-electron chi connectivity index (χ2n) is 9.52. The van der Waals surface area contributed by atoms with Crippen LogP contribution in [-0.4, -0.2) is 13.0 Å². The lowest BCUT2D eigenvalue weighted by atomic mass is 9.75. The topological polar surface area (TPSA) is 9.23 Å². The highest BCUT2D eigenvalue weighted by Gasteiger charge is 2.41. The first-order valence-electron chi connectivity index (χ1n) is 12.3. The Kier molecular flexibility index (Phi) is 7.65. The van der Waals surface area contributed by atoms with Gasteiger partial charge < -0.3 is 4.74 Å². The number of rotatable bonds is 8. The van der Waals surface area contributed by atoms with Crippen molar-refractivity contribution in [3.05, 3.63) is 89.2 Å². The molecule has 0 bridgehead atoms. The Bertz CT molecular complexity index is 1070. The lowest BCUT2D eigenvalue weighted by Crippen LogP contribution is -2.33. The Morgan fingerprint density at radius 2 is 1.44 bits per heavy atom. The predicted molar refractivity (Wildman–Crippen MR) is 132 cm³/mol. The largest absolute Gasteiger partial charge is 0.494 e. The van der Waals surface area contributed by atoms with Gasteiger partial charge in [0.05, 0.1) is 7.11 Å². The molecule has 1 fully saturated rings. The standard InChI is InChI=1S/C30H33F3O/c1-3-4-21-5-9-23(10-6-21)24-13-16-27(17-14-24)30(32,33)20-22-7-11-25(12-8-22)26-15-18-29(34-2)28(31)19-26/h5-12,15,18-19,24,27H,3-4,13-14,16-17,20H2,1-2H3. The summed E-state index contributed by atoms with van der Waals surface area (Å²) in [7, 11) is 1.42. The van der Waals surface area contributed by atoms with Gasteiger partial charge in [0.1, 0.15) is 0 Å². The summed E-state index contributed by atoms with van der Waals surface area (Å²) in [4.78, 5) is 0. The van der Waals surface area contributed by atoms with Crippen LogP contribution >= 0.6 is 0 Å². The zero-order chi connectivity index (χ0) is 24.1. The summed E-state index contributed by atoms with van der Waals surface area (Å²) >= 11 is 0. The number of hydrogen-bond donors (Lipinski definition) is 0. The maximum atomic E-state index is 15.2. The van der Waals surface area contributed by atoms with Crippen molar-refractivity contribution >= 4 is 0 Å². The Labute approximate surface area is 201 Å². The van der Waals surface area contributed by atoms with E-state index in [9.17, 15) is 4.39 Å². The van der Waals surface area contributed by atoms with E-state index in [1.807, 2.05) is 0 Å². The summed E-state index contributed by atoms with van der Waals surface area (Å²) in [5.74, 6) is -3.19. The van der Waals surface area contributed by atoms with Crippen molar-refractivity contribution in [2.45, 2.75) is 63.7 Å². The third-order valence-corrected chi connectivity index (χ3v) is 7.19. The van der Waals surface area contributed by atoms with Crippen molar-refractivity contribution in [1.29, 1.82) is 0 Å². The quantitative estimate of drug-likeness (QED) is 0.323. The maximum absolute atomic E-state index is 15.2. The molecule has 34 heavy (non-hydrogen) atoms. The molecule has 0 heterocycles. The van der Waals surface area contributed by atoms with Gasteiger partial charge in [-0.25, -0.2) is 13.2 Å². The molecule has 0 amide bonds. The van der Waals surface area contributed by atoms with Gasteiger partial charge in [0.15, 0.2) is 11.6 Å². The fourth-order valence-corrected chi connectivity index (χ4v) is 5.17. The van der Waals surface area contributed by atoms with Crippen molar-refractivity contribution in [2.24, 2.45) is 5.92 Å². The van der Waals surface area contributed by atoms with Crippen molar-refractivity contribution in [2.75, 3.05) is 7.11 Å². The number of halogens is 3. The molecule has 0 aromatic heterocycles. The van der Waals surface area contributed by atoms with Crippen molar-refractivity contribution in [3.63, 3.8) is 0 Å². The highest BCUT2D eigenvalue weighted by atomic mass is 19.3. The van der Waals surface area contributed by atoms with Gasteiger partial charge in [0.2, 0.25) is 0 Å². The van der Waals surface area contributed by atoms with Gasteiger partial charge in [-0.1, -0.05) is 67.9 Å². The molecule has 4 rings (SSSR count). The van der Waals surface area contributed by atoms with E-state index >= 15 is 8.78 Å². The molecule has 0 atom stereocenters. The maximum Gasteiger partial charge on any atom is 0.254 e. The Hall–Kier alpha value is -2.75. The van der Waals surface area contributed by atoms with Gasteiger partial charge >= 0.3 is 0 Å². The van der Waals surface area contributed by atoms with E-state index in [1.54, 1.807) is 36.4 Å². The molecule has 0 unspecified atom stereocenters. The molecule has 0 radical (unpaired) electrons. The number of methoxy groups -OCH3 is 1. The molecular weight excluding hydrogens is 433 g/mol. The van der Waals surface area contributed by atoms with Crippen molar-refractivity contribution < 1.29 is 17.9 Å². The number of aryl methyl sites for hydroxylation is 1. The Morgan fingerprint density at radius 3 is 2.03 bits per heavy atom. The molecule has 1 aliphatic carbocycles. The van der Waals surface area contributed by atoms with Crippen LogP contribution in [0.2, 0.25) is 0 Å². The minimum Gasteiger partial charge on any atom is -0.494 e. The third-order valence-electron chi connectivity index (χ3n) is 7.19. The minimum absolute atomic E-state index is 0.184. The SMILES string of the molecule is CCCc1ccc(C2CCC(C(F)(F)Cc3ccc(-c4ccc(OC)c(F)c4)cc3)CC2)cc1. The van der Waals surface area contributed by atoms with Crippen molar-refractivity contribution in [3.8, 4) is 16.9 Å². The van der Waals surface area contributed by atoms with Gasteiger partial charge in [-0.2, -0.15) is 0 Å². The zero-order valence-corrected chi connectivity index (χ0v) is 20.0. The minimum atomic E-state index is -2.73. The molecule has 1 nitrogen and oxygen atoms in total. The van der Waals surface area contributed by atoms with Crippen LogP contribution in [0, 0.1) is 11.7 Å². The lowest BCUT2D eigenvalue weighted by molar-refractivity contribution is -0.0715. The van der Waals surface area contributed by atoms with Gasteiger partial charge in [-0.05, 0) is 78.0 Å². The first-order chi connectivity index (χ1) is 16.4. The van der Waals surface area contributed by atoms with Crippen LogP contribution in [0.3, 0.4) is 0 Å². The number of hydrogen-bond acceptors (Lipinski definition) is 1. The van der Waals surface area contributed by atoms with E-state index in [1.165, 1.54) is 24.3 Å². The summed E-state index contributed by atoms with van der Waals surface area (Å²) in [6, 6.07) is 20.5. The fraction of sp³-hybridized carbons (Fsp3) is 0.400. The number of alkyl halides is 2. The second-order valence-corrected chi connectivity index (χ2v) is 9.52. The predicted octanol–water partition coefficient (Wildman–Crippen LogP) is 8.61. The van der Waals surface area contributed by atoms with E-state index in [0.717, 1.165) is 31.2 Å². The van der Waals surface area contributed by atoms with E-state index in [4.69, 9.17) is 4.74 Å². The lowest BCUT2D eigenvalue weighted by Gasteiger charge is -2.34. The summed E-state index contributed by atoms with van der Waals surface area (Å²) in [5.41, 5.74) is 4.72. The fourth-order valence-electron chi connectivity index (χ4n) is 5.17. The number of ether oxygens (including phenoxy) is 1. The number of benzene rings is 3. The molecule has 1 aliphatic rings. The summed E-state index contributed by atoms with van der Waals surface area (Å²) in [5, 5.41) is 0. The average molecular weight is 467 g/mol. The molecule has 0 aliphatic heterocycles. The van der Waals surface area contributed by atoms with Crippen LogP contribution in [0.15, 0.2) is 66.7 Å². The van der Waals surface area contributed by atoms with E-state index < -0.39 is 17.7 Å². The van der Waals surface area contributed by atoms with Gasteiger partial charge in [0, 0.05) is 12.3 Å². The first kappa shape index (κ1) is 24.4. The molecule has 3 aromatic carbocycles. The highest BCUT2D eigenvalue weighted by molar-refractivity contribution is 5.64. The zero-order valence-electron chi connectivity index (χ0n) is 20.0. The van der Waals surface area contributed by atoms with Crippen LogP contribution in [0.25, 0.3) is 11.1 Å². The van der Waals surface area contributed by atoms with Gasteiger partial charge in [-0.15, -0.1) is 0 Å². The van der Waals surface area contributed by atoms with Gasteiger partial charge in [0.25, 0.3) is 5.92 Å². The van der Waals surface area contributed by atoms with Crippen LogP contribution in [-0.2, 0) is 12.8 Å². The summed E-state index contributed by atoms with van der Waals surface area (Å²) < 4.78 is 49.3. The first-order valence-corrected chi connectivity index (χ1v) is 12.3. The Morgan fingerprint density at radius 1 is 0.824 bits per heavy atom. The molecule has 0 saturated heterocycles. The molecular formula is C30H33F3O. The molecule has 3 aromatic rings. The normalized spacial score (nSPS) is 18.6. The molecule has 0 spiro atoms. The second kappa shape index (κ2) is 10.7. The van der Waals surface area contributed by atoms with E-state index in [0.29, 0.717) is 29.9 Å². The molecule has 0 N–H and O–H groups in total. The van der Waals surface area contributed by atoms with E-state index in [-0.39, 0.29) is 12.2 Å². The average Bonchev–Trinajstić information content (AvgIpc) is 2.85. The van der Waals surface area contributed by atoms with Crippen LogP contribution in [0.4, 0.5) is 13.2 Å². The molecule has 1 saturated carbocycles. The Balaban J connectivity index is 1.35. The van der Waals surface area contributed by atoms with E-state index in [2.05, 4.69) is 31.2 Å². The smallest absolute Gasteiger partial charge is 0.254 e. The molecule has 4 heteroatoms. The third kappa shape index (κ3) is 5.65. The van der Waals surface area contributed by atoms with Crippen LogP contribution in [0.5, 0.6) is 5.75 Å². The molecule has 180 valence electrons. The van der Waals surface area contributed by atoms with Gasteiger partial charge in [-0.3, -0.25) is 0 Å². The van der Waals surface area contributed by atoms with Crippen LogP contribution < -0.4 is 4.74 Å². The summed E-state index contributed by atoms with van der Waals surface area (Å²) in [6.07, 6.45) is 4.69. The van der Waals surface area contributed by atoms with Crippen molar-refractivity contribution in [1.82, 2.24) is 0 Å². The monoisotopic (exact) mass is 466 g/mol.